The fraction of sp³-hybridized carbons (Fsp3) is 0.333. The minimum absolute atomic E-state index is 0.234. The van der Waals surface area contributed by atoms with Crippen molar-refractivity contribution < 1.29 is 26.0 Å². The van der Waals surface area contributed by atoms with Crippen molar-refractivity contribution in [3.63, 3.8) is 0 Å². The first-order valence-electron chi connectivity index (χ1n) is 8.18. The molecule has 0 unspecified atom stereocenters. The molecule has 0 spiro atoms. The van der Waals surface area contributed by atoms with E-state index in [0.29, 0.717) is 12.8 Å². The second kappa shape index (κ2) is 12.9. The Kier molecular flexibility index (Phi) is 10.3. The minimum Gasteiger partial charge on any atom is -0.268 e. The second-order valence-corrected chi connectivity index (χ2v) is 7.22. The van der Waals surface area contributed by atoms with E-state index >= 15 is 0 Å². The molecule has 2 rings (SSSR count). The van der Waals surface area contributed by atoms with Gasteiger partial charge >= 0.3 is 11.4 Å². The Bertz CT molecular complexity index is 666. The van der Waals surface area contributed by atoms with Gasteiger partial charge in [0.05, 0.1) is 25.6 Å². The van der Waals surface area contributed by atoms with E-state index in [2.05, 4.69) is 0 Å². The van der Waals surface area contributed by atoms with Crippen LogP contribution in [0, 0.1) is 0 Å². The molecule has 0 aliphatic rings. The Balaban J connectivity index is 1.44. The molecule has 0 aliphatic heterocycles. The molecule has 8 heteroatoms. The van der Waals surface area contributed by atoms with Gasteiger partial charge in [0.25, 0.3) is 0 Å². The van der Waals surface area contributed by atoms with Gasteiger partial charge in [0.1, 0.15) is 0 Å². The SMILES string of the molecule is O=[S@](OCCCCOO[S@](=O)Cc1ccccc1)OCc1ccccc1. The van der Waals surface area contributed by atoms with E-state index in [1.54, 1.807) is 0 Å². The van der Waals surface area contributed by atoms with E-state index in [4.69, 9.17) is 17.6 Å². The first-order chi connectivity index (χ1) is 12.7. The highest BCUT2D eigenvalue weighted by molar-refractivity contribution is 7.79. The van der Waals surface area contributed by atoms with E-state index in [-0.39, 0.29) is 25.6 Å². The van der Waals surface area contributed by atoms with E-state index in [0.717, 1.165) is 11.1 Å². The van der Waals surface area contributed by atoms with Crippen LogP contribution in [0.1, 0.15) is 24.0 Å². The lowest BCUT2D eigenvalue weighted by atomic mass is 10.2. The Labute approximate surface area is 158 Å². The maximum absolute atomic E-state index is 11.7. The highest BCUT2D eigenvalue weighted by Gasteiger charge is 2.04. The molecule has 2 aromatic carbocycles. The molecule has 2 aromatic rings. The monoisotopic (exact) mass is 398 g/mol. The average Bonchev–Trinajstić information content (AvgIpc) is 2.67. The van der Waals surface area contributed by atoms with Crippen LogP contribution in [0.25, 0.3) is 0 Å². The summed E-state index contributed by atoms with van der Waals surface area (Å²) in [4.78, 5) is 4.92. The molecule has 0 aromatic heterocycles. The summed E-state index contributed by atoms with van der Waals surface area (Å²) in [6.45, 7) is 0.789. The van der Waals surface area contributed by atoms with Crippen LogP contribution in [-0.4, -0.2) is 21.6 Å². The van der Waals surface area contributed by atoms with E-state index in [1.807, 2.05) is 60.7 Å². The summed E-state index contributed by atoms with van der Waals surface area (Å²) >= 11 is -3.31. The number of unbranched alkanes of at least 4 members (excludes halogenated alkanes) is 1. The number of rotatable bonds is 13. The minimum atomic E-state index is -1.78. The normalized spacial score (nSPS) is 13.4. The zero-order valence-electron chi connectivity index (χ0n) is 14.3. The Hall–Kier alpha value is -1.42. The summed E-state index contributed by atoms with van der Waals surface area (Å²) in [5.74, 6) is 0.279. The van der Waals surface area contributed by atoms with Crippen LogP contribution in [-0.2, 0) is 52.4 Å². The zero-order chi connectivity index (χ0) is 18.5. The van der Waals surface area contributed by atoms with Crippen molar-refractivity contribution in [3.8, 4) is 0 Å². The van der Waals surface area contributed by atoms with Crippen LogP contribution in [0.2, 0.25) is 0 Å². The third-order valence-corrected chi connectivity index (χ3v) is 4.70. The van der Waals surface area contributed by atoms with Crippen LogP contribution in [0.4, 0.5) is 0 Å². The van der Waals surface area contributed by atoms with Gasteiger partial charge in [0.15, 0.2) is 11.1 Å². The highest BCUT2D eigenvalue weighted by Crippen LogP contribution is 2.05. The molecule has 0 amide bonds. The Morgan fingerprint density at radius 1 is 0.731 bits per heavy atom. The molecule has 0 radical (unpaired) electrons. The highest BCUT2D eigenvalue weighted by atomic mass is 32.2. The molecule has 2 atom stereocenters. The lowest BCUT2D eigenvalue weighted by Crippen LogP contribution is -2.06. The molecule has 6 nitrogen and oxygen atoms in total. The largest absolute Gasteiger partial charge is 0.304 e. The smallest absolute Gasteiger partial charge is 0.268 e. The van der Waals surface area contributed by atoms with Crippen LogP contribution < -0.4 is 0 Å². The van der Waals surface area contributed by atoms with E-state index < -0.39 is 22.4 Å². The van der Waals surface area contributed by atoms with Crippen molar-refractivity contribution in [2.24, 2.45) is 0 Å². The summed E-state index contributed by atoms with van der Waals surface area (Å²) in [6, 6.07) is 18.8. The summed E-state index contributed by atoms with van der Waals surface area (Å²) in [5, 5.41) is 0. The quantitative estimate of drug-likeness (QED) is 0.293. The maximum Gasteiger partial charge on any atom is 0.304 e. The second-order valence-electron chi connectivity index (χ2n) is 5.30. The average molecular weight is 399 g/mol. The predicted molar refractivity (Wildman–Crippen MR) is 99.9 cm³/mol. The maximum atomic E-state index is 11.7. The van der Waals surface area contributed by atoms with Gasteiger partial charge in [-0.05, 0) is 24.0 Å². The molecule has 0 bridgehead atoms. The third-order valence-electron chi connectivity index (χ3n) is 3.22. The topological polar surface area (TPSA) is 71.1 Å². The summed E-state index contributed by atoms with van der Waals surface area (Å²) in [6.07, 6.45) is 1.24. The fourth-order valence-electron chi connectivity index (χ4n) is 1.94. The lowest BCUT2D eigenvalue weighted by molar-refractivity contribution is -0.197. The number of hydrogen-bond donors (Lipinski definition) is 0. The number of benzene rings is 2. The Morgan fingerprint density at radius 3 is 2.04 bits per heavy atom. The molecular formula is C18H22O6S2. The number of hydrogen-bond acceptors (Lipinski definition) is 6. The van der Waals surface area contributed by atoms with Gasteiger partial charge in [-0.15, -0.1) is 4.33 Å². The molecule has 0 N–H and O–H groups in total. The van der Waals surface area contributed by atoms with Crippen LogP contribution in [0.3, 0.4) is 0 Å². The lowest BCUT2D eigenvalue weighted by Gasteiger charge is -2.05. The molecule has 0 fully saturated rings. The molecule has 0 saturated heterocycles. The molecule has 0 saturated carbocycles. The Morgan fingerprint density at radius 2 is 1.35 bits per heavy atom. The first kappa shape index (κ1) is 20.9. The fourth-order valence-corrected chi connectivity index (χ4v) is 3.18. The van der Waals surface area contributed by atoms with Crippen LogP contribution in [0.5, 0.6) is 0 Å². The summed E-state index contributed by atoms with van der Waals surface area (Å²) in [5.41, 5.74) is 1.85. The van der Waals surface area contributed by atoms with Gasteiger partial charge < -0.3 is 0 Å². The van der Waals surface area contributed by atoms with Crippen LogP contribution in [0.15, 0.2) is 60.7 Å². The zero-order valence-corrected chi connectivity index (χ0v) is 15.9. The van der Waals surface area contributed by atoms with Crippen LogP contribution >= 0.6 is 0 Å². The molecular weight excluding hydrogens is 376 g/mol. The summed E-state index contributed by atoms with van der Waals surface area (Å²) < 4.78 is 38.2. The third kappa shape index (κ3) is 9.33. The molecule has 0 heterocycles. The van der Waals surface area contributed by atoms with Crippen molar-refractivity contribution >= 4 is 22.4 Å². The van der Waals surface area contributed by atoms with Crippen molar-refractivity contribution in [2.75, 3.05) is 13.2 Å². The van der Waals surface area contributed by atoms with Gasteiger partial charge in [-0.25, -0.2) is 9.10 Å². The molecule has 26 heavy (non-hydrogen) atoms. The standard InChI is InChI=1S/C18H22O6S2/c19-25(16-18-11-5-2-6-12-18)24-21-13-7-8-14-22-26(20)23-15-17-9-3-1-4-10-17/h1-6,9-12H,7-8,13-16H2/t25-,26+/m0/s1. The van der Waals surface area contributed by atoms with Crippen molar-refractivity contribution in [1.82, 2.24) is 0 Å². The van der Waals surface area contributed by atoms with E-state index in [1.165, 1.54) is 0 Å². The molecule has 0 aliphatic carbocycles. The summed E-state index contributed by atoms with van der Waals surface area (Å²) in [7, 11) is 0. The van der Waals surface area contributed by atoms with Gasteiger partial charge in [0.2, 0.25) is 0 Å². The van der Waals surface area contributed by atoms with Gasteiger partial charge in [-0.3, -0.25) is 8.37 Å². The van der Waals surface area contributed by atoms with Gasteiger partial charge in [-0.2, -0.15) is 4.21 Å². The van der Waals surface area contributed by atoms with Gasteiger partial charge in [0, 0.05) is 0 Å². The molecule has 142 valence electrons. The van der Waals surface area contributed by atoms with E-state index in [9.17, 15) is 8.42 Å². The van der Waals surface area contributed by atoms with Crippen molar-refractivity contribution in [2.45, 2.75) is 25.2 Å². The van der Waals surface area contributed by atoms with Crippen molar-refractivity contribution in [3.05, 3.63) is 71.8 Å². The van der Waals surface area contributed by atoms with Gasteiger partial charge in [-0.1, -0.05) is 60.7 Å². The first-order valence-corrected chi connectivity index (χ1v) is 10.4. The van der Waals surface area contributed by atoms with Crippen molar-refractivity contribution in [1.29, 1.82) is 0 Å². The predicted octanol–water partition coefficient (Wildman–Crippen LogP) is 3.39.